The Morgan fingerprint density at radius 3 is 2.20 bits per heavy atom. The second-order valence-electron chi connectivity index (χ2n) is 6.32. The molecule has 1 rings (SSSR count). The van der Waals surface area contributed by atoms with E-state index in [-0.39, 0.29) is 17.7 Å². The van der Waals surface area contributed by atoms with E-state index in [2.05, 4.69) is 56.3 Å². The van der Waals surface area contributed by atoms with E-state index in [0.29, 0.717) is 5.96 Å². The van der Waals surface area contributed by atoms with Crippen LogP contribution in [0.3, 0.4) is 0 Å². The van der Waals surface area contributed by atoms with E-state index in [1.54, 1.807) is 0 Å². The Morgan fingerprint density at radius 2 is 1.75 bits per heavy atom. The van der Waals surface area contributed by atoms with Gasteiger partial charge in [-0.3, -0.25) is 9.89 Å². The molecule has 0 radical (unpaired) electrons. The largest absolute Gasteiger partial charge is 0.373 e. The van der Waals surface area contributed by atoms with Crippen LogP contribution in [-0.4, -0.2) is 66.2 Å². The van der Waals surface area contributed by atoms with Gasteiger partial charge in [-0.05, 0) is 41.5 Å². The minimum absolute atomic E-state index is 0.00404. The third kappa shape index (κ3) is 4.63. The molecule has 118 valence electrons. The Hall–Kier alpha value is -0.810. The fourth-order valence-electron chi connectivity index (χ4n) is 2.69. The molecule has 0 aromatic heterocycles. The summed E-state index contributed by atoms with van der Waals surface area (Å²) in [6.07, 6.45) is 0.560. The summed E-state index contributed by atoms with van der Waals surface area (Å²) in [7, 11) is 0. The maximum atomic E-state index is 6.06. The first-order valence-electron chi connectivity index (χ1n) is 7.75. The number of nitrogens with zero attached hydrogens (tertiary/aromatic N) is 3. The van der Waals surface area contributed by atoms with Gasteiger partial charge < -0.3 is 15.4 Å². The second-order valence-corrected chi connectivity index (χ2v) is 6.32. The van der Waals surface area contributed by atoms with Gasteiger partial charge >= 0.3 is 0 Å². The predicted octanol–water partition coefficient (Wildman–Crippen LogP) is 1.53. The zero-order valence-electron chi connectivity index (χ0n) is 14.0. The van der Waals surface area contributed by atoms with Crippen LogP contribution in [0.5, 0.6) is 0 Å². The van der Waals surface area contributed by atoms with Crippen molar-refractivity contribution in [3.63, 3.8) is 0 Å². The molecule has 2 unspecified atom stereocenters. The number of ether oxygens (including phenoxy) is 1. The molecule has 5 heteroatoms. The lowest BCUT2D eigenvalue weighted by Crippen LogP contribution is -2.56. The van der Waals surface area contributed by atoms with Gasteiger partial charge in [-0.1, -0.05) is 0 Å². The highest BCUT2D eigenvalue weighted by Gasteiger charge is 2.33. The van der Waals surface area contributed by atoms with E-state index in [4.69, 9.17) is 10.5 Å². The number of nitrogens with two attached hydrogens (primary N) is 1. The number of hydrogen-bond donors (Lipinski definition) is 1. The second kappa shape index (κ2) is 7.27. The minimum atomic E-state index is 0.00404. The lowest BCUT2D eigenvalue weighted by Gasteiger charge is -2.44. The maximum Gasteiger partial charge on any atom is 0.191 e. The first-order valence-corrected chi connectivity index (χ1v) is 7.75. The quantitative estimate of drug-likeness (QED) is 0.614. The Balaban J connectivity index is 2.66. The summed E-state index contributed by atoms with van der Waals surface area (Å²) in [4.78, 5) is 9.15. The Bertz CT molecular complexity index is 316. The zero-order chi connectivity index (χ0) is 15.3. The zero-order valence-corrected chi connectivity index (χ0v) is 14.0. The molecule has 0 bridgehead atoms. The van der Waals surface area contributed by atoms with Gasteiger partial charge in [-0.15, -0.1) is 0 Å². The number of rotatable bonds is 5. The Kier molecular flexibility index (Phi) is 6.27. The van der Waals surface area contributed by atoms with Gasteiger partial charge in [0.1, 0.15) is 0 Å². The number of hydrogen-bond acceptors (Lipinski definition) is 3. The standard InChI is InChI=1S/C15H32N4O/c1-7-18(8-2)14(16)17-11-15(5,6)19-9-12(3)20-13(4)10-19/h12-13H,7-11H2,1-6H3,(H2,16,17). The first kappa shape index (κ1) is 17.2. The summed E-state index contributed by atoms with van der Waals surface area (Å²) >= 11 is 0. The van der Waals surface area contributed by atoms with Crippen LogP contribution in [0.25, 0.3) is 0 Å². The molecule has 0 spiro atoms. The smallest absolute Gasteiger partial charge is 0.191 e. The molecule has 0 aliphatic carbocycles. The van der Waals surface area contributed by atoms with E-state index < -0.39 is 0 Å². The van der Waals surface area contributed by atoms with Crippen LogP contribution in [-0.2, 0) is 4.74 Å². The average Bonchev–Trinajstić information content (AvgIpc) is 2.37. The molecule has 2 N–H and O–H groups in total. The Morgan fingerprint density at radius 1 is 1.25 bits per heavy atom. The van der Waals surface area contributed by atoms with Crippen LogP contribution in [0, 0.1) is 0 Å². The maximum absolute atomic E-state index is 6.06. The van der Waals surface area contributed by atoms with Crippen LogP contribution in [0.1, 0.15) is 41.5 Å². The van der Waals surface area contributed by atoms with E-state index in [0.717, 1.165) is 32.7 Å². The van der Waals surface area contributed by atoms with E-state index in [1.165, 1.54) is 0 Å². The molecule has 1 aliphatic heterocycles. The van der Waals surface area contributed by atoms with Crippen molar-refractivity contribution in [1.82, 2.24) is 9.80 Å². The van der Waals surface area contributed by atoms with Crippen molar-refractivity contribution in [1.29, 1.82) is 0 Å². The molecule has 0 aromatic rings. The van der Waals surface area contributed by atoms with Crippen LogP contribution in [0.15, 0.2) is 4.99 Å². The molecule has 1 heterocycles. The SMILES string of the molecule is CCN(CC)C(N)=NCC(C)(C)N1CC(C)OC(C)C1. The highest BCUT2D eigenvalue weighted by Crippen LogP contribution is 2.21. The monoisotopic (exact) mass is 284 g/mol. The first-order chi connectivity index (χ1) is 9.30. The summed E-state index contributed by atoms with van der Waals surface area (Å²) in [5.41, 5.74) is 6.07. The Labute approximate surface area is 124 Å². The number of aliphatic imine (C=N–C) groups is 1. The average molecular weight is 284 g/mol. The van der Waals surface area contributed by atoms with Gasteiger partial charge in [0.25, 0.3) is 0 Å². The van der Waals surface area contributed by atoms with Gasteiger partial charge in [0.2, 0.25) is 0 Å². The van der Waals surface area contributed by atoms with E-state index in [9.17, 15) is 0 Å². The van der Waals surface area contributed by atoms with Crippen LogP contribution in [0.2, 0.25) is 0 Å². The molecule has 0 amide bonds. The van der Waals surface area contributed by atoms with Crippen molar-refractivity contribution in [2.45, 2.75) is 59.3 Å². The summed E-state index contributed by atoms with van der Waals surface area (Å²) < 4.78 is 5.80. The molecule has 20 heavy (non-hydrogen) atoms. The van der Waals surface area contributed by atoms with Gasteiger partial charge in [0.05, 0.1) is 18.8 Å². The van der Waals surface area contributed by atoms with Crippen molar-refractivity contribution in [3.8, 4) is 0 Å². The van der Waals surface area contributed by atoms with E-state index in [1.807, 2.05) is 0 Å². The van der Waals surface area contributed by atoms with Gasteiger partial charge in [0.15, 0.2) is 5.96 Å². The fourth-order valence-corrected chi connectivity index (χ4v) is 2.69. The third-order valence-corrected chi connectivity index (χ3v) is 3.99. The van der Waals surface area contributed by atoms with Crippen molar-refractivity contribution >= 4 is 5.96 Å². The molecule has 5 nitrogen and oxygen atoms in total. The molecule has 1 fully saturated rings. The summed E-state index contributed by atoms with van der Waals surface area (Å²) in [5, 5.41) is 0. The summed E-state index contributed by atoms with van der Waals surface area (Å²) in [6.45, 7) is 17.4. The molecule has 2 atom stereocenters. The lowest BCUT2D eigenvalue weighted by atomic mass is 10.0. The molecule has 0 saturated carbocycles. The van der Waals surface area contributed by atoms with Crippen LogP contribution < -0.4 is 5.73 Å². The topological polar surface area (TPSA) is 54.1 Å². The van der Waals surface area contributed by atoms with Crippen LogP contribution in [0.4, 0.5) is 0 Å². The summed E-state index contributed by atoms with van der Waals surface area (Å²) in [6, 6.07) is 0. The molecule has 0 aromatic carbocycles. The lowest BCUT2D eigenvalue weighted by molar-refractivity contribution is -0.0939. The molecule has 1 aliphatic rings. The van der Waals surface area contributed by atoms with Crippen molar-refractivity contribution in [2.24, 2.45) is 10.7 Å². The van der Waals surface area contributed by atoms with Gasteiger partial charge in [0, 0.05) is 31.7 Å². The minimum Gasteiger partial charge on any atom is -0.373 e. The molecule has 1 saturated heterocycles. The highest BCUT2D eigenvalue weighted by atomic mass is 16.5. The van der Waals surface area contributed by atoms with Crippen molar-refractivity contribution in [3.05, 3.63) is 0 Å². The molecular weight excluding hydrogens is 252 g/mol. The third-order valence-electron chi connectivity index (χ3n) is 3.99. The van der Waals surface area contributed by atoms with Crippen LogP contribution >= 0.6 is 0 Å². The molecular formula is C15H32N4O. The van der Waals surface area contributed by atoms with E-state index >= 15 is 0 Å². The number of guanidine groups is 1. The van der Waals surface area contributed by atoms with Gasteiger partial charge in [-0.25, -0.2) is 0 Å². The predicted molar refractivity (Wildman–Crippen MR) is 85.1 cm³/mol. The van der Waals surface area contributed by atoms with Gasteiger partial charge in [-0.2, -0.15) is 0 Å². The fraction of sp³-hybridized carbons (Fsp3) is 0.933. The number of morpholine rings is 1. The highest BCUT2D eigenvalue weighted by molar-refractivity contribution is 5.78. The summed E-state index contributed by atoms with van der Waals surface area (Å²) in [5.74, 6) is 0.650. The van der Waals surface area contributed by atoms with Crippen molar-refractivity contribution in [2.75, 3.05) is 32.7 Å². The normalized spacial score (nSPS) is 25.8. The van der Waals surface area contributed by atoms with Crippen molar-refractivity contribution < 1.29 is 4.74 Å².